The SMILES string of the molecule is Cc1ccc([N+](=O)[O-])cc1-c1nc(CN)co1. The number of nitro benzene ring substituents is 1. The number of oxazole rings is 1. The van der Waals surface area contributed by atoms with Crippen LogP contribution in [0.2, 0.25) is 0 Å². The topological polar surface area (TPSA) is 95.2 Å². The van der Waals surface area contributed by atoms with Gasteiger partial charge < -0.3 is 10.2 Å². The molecule has 17 heavy (non-hydrogen) atoms. The molecule has 88 valence electrons. The largest absolute Gasteiger partial charge is 0.444 e. The highest BCUT2D eigenvalue weighted by atomic mass is 16.6. The van der Waals surface area contributed by atoms with Crippen LogP contribution >= 0.6 is 0 Å². The Balaban J connectivity index is 2.49. The summed E-state index contributed by atoms with van der Waals surface area (Å²) in [5.74, 6) is 0.353. The molecule has 2 aromatic rings. The van der Waals surface area contributed by atoms with E-state index in [1.54, 1.807) is 6.07 Å². The van der Waals surface area contributed by atoms with Gasteiger partial charge in [0.1, 0.15) is 6.26 Å². The monoisotopic (exact) mass is 233 g/mol. The van der Waals surface area contributed by atoms with E-state index in [4.69, 9.17) is 10.2 Å². The van der Waals surface area contributed by atoms with E-state index in [2.05, 4.69) is 4.98 Å². The van der Waals surface area contributed by atoms with Crippen molar-refractivity contribution < 1.29 is 9.34 Å². The fourth-order valence-corrected chi connectivity index (χ4v) is 1.48. The van der Waals surface area contributed by atoms with Crippen molar-refractivity contribution in [1.82, 2.24) is 4.98 Å². The van der Waals surface area contributed by atoms with Gasteiger partial charge in [-0.25, -0.2) is 4.98 Å². The average molecular weight is 233 g/mol. The predicted octanol–water partition coefficient (Wildman–Crippen LogP) is 2.02. The molecule has 1 aromatic heterocycles. The van der Waals surface area contributed by atoms with Gasteiger partial charge in [0.05, 0.1) is 10.6 Å². The Bertz CT molecular complexity index is 563. The molecule has 0 unspecified atom stereocenters. The smallest absolute Gasteiger partial charge is 0.270 e. The van der Waals surface area contributed by atoms with Crippen LogP contribution in [0.5, 0.6) is 0 Å². The molecule has 0 aliphatic rings. The molecular weight excluding hydrogens is 222 g/mol. The second-order valence-corrected chi connectivity index (χ2v) is 3.60. The van der Waals surface area contributed by atoms with Crippen LogP contribution in [0.4, 0.5) is 5.69 Å². The highest BCUT2D eigenvalue weighted by Crippen LogP contribution is 2.26. The number of non-ortho nitro benzene ring substituents is 1. The number of nitrogens with zero attached hydrogens (tertiary/aromatic N) is 2. The zero-order valence-corrected chi connectivity index (χ0v) is 9.21. The zero-order valence-electron chi connectivity index (χ0n) is 9.21. The van der Waals surface area contributed by atoms with E-state index in [9.17, 15) is 10.1 Å². The molecule has 6 heteroatoms. The van der Waals surface area contributed by atoms with Crippen molar-refractivity contribution >= 4 is 5.69 Å². The van der Waals surface area contributed by atoms with Crippen LogP contribution in [0.1, 0.15) is 11.3 Å². The lowest BCUT2D eigenvalue weighted by atomic mass is 10.1. The van der Waals surface area contributed by atoms with E-state index in [1.807, 2.05) is 6.92 Å². The number of nitro groups is 1. The molecule has 0 aliphatic carbocycles. The molecular formula is C11H11N3O3. The molecule has 0 saturated carbocycles. The van der Waals surface area contributed by atoms with Crippen LogP contribution < -0.4 is 5.73 Å². The molecule has 1 aromatic carbocycles. The summed E-state index contributed by atoms with van der Waals surface area (Å²) >= 11 is 0. The normalized spacial score (nSPS) is 10.5. The minimum atomic E-state index is -0.449. The molecule has 0 radical (unpaired) electrons. The van der Waals surface area contributed by atoms with Crippen LogP contribution in [0.25, 0.3) is 11.5 Å². The van der Waals surface area contributed by atoms with E-state index in [-0.39, 0.29) is 12.2 Å². The van der Waals surface area contributed by atoms with Gasteiger partial charge in [0.2, 0.25) is 5.89 Å². The number of benzene rings is 1. The van der Waals surface area contributed by atoms with Gasteiger partial charge in [-0.2, -0.15) is 0 Å². The van der Waals surface area contributed by atoms with Crippen molar-refractivity contribution in [1.29, 1.82) is 0 Å². The van der Waals surface area contributed by atoms with E-state index < -0.39 is 4.92 Å². The Hall–Kier alpha value is -2.21. The second-order valence-electron chi connectivity index (χ2n) is 3.60. The molecule has 0 atom stereocenters. The molecule has 0 saturated heterocycles. The highest BCUT2D eigenvalue weighted by molar-refractivity contribution is 5.62. The maximum atomic E-state index is 10.7. The van der Waals surface area contributed by atoms with Gasteiger partial charge in [0.15, 0.2) is 0 Å². The van der Waals surface area contributed by atoms with E-state index >= 15 is 0 Å². The number of aromatic nitrogens is 1. The summed E-state index contributed by atoms with van der Waals surface area (Å²) in [5.41, 5.74) is 7.53. The first kappa shape index (κ1) is 11.3. The minimum absolute atomic E-state index is 0.0121. The van der Waals surface area contributed by atoms with Gasteiger partial charge in [-0.1, -0.05) is 6.07 Å². The van der Waals surface area contributed by atoms with Gasteiger partial charge in [-0.3, -0.25) is 10.1 Å². The zero-order chi connectivity index (χ0) is 12.4. The quantitative estimate of drug-likeness (QED) is 0.646. The summed E-state index contributed by atoms with van der Waals surface area (Å²) in [6.07, 6.45) is 1.45. The maximum absolute atomic E-state index is 10.7. The lowest BCUT2D eigenvalue weighted by Gasteiger charge is -2.00. The lowest BCUT2D eigenvalue weighted by molar-refractivity contribution is -0.384. The molecule has 6 nitrogen and oxygen atoms in total. The third-order valence-corrected chi connectivity index (χ3v) is 2.42. The third kappa shape index (κ3) is 2.16. The van der Waals surface area contributed by atoms with Crippen LogP contribution in [-0.4, -0.2) is 9.91 Å². The first-order valence-electron chi connectivity index (χ1n) is 5.01. The molecule has 1 heterocycles. The van der Waals surface area contributed by atoms with Gasteiger partial charge in [-0.15, -0.1) is 0 Å². The Morgan fingerprint density at radius 1 is 1.53 bits per heavy atom. The molecule has 0 fully saturated rings. The molecule has 2 N–H and O–H groups in total. The third-order valence-electron chi connectivity index (χ3n) is 2.42. The molecule has 0 amide bonds. The summed E-state index contributed by atoms with van der Waals surface area (Å²) in [4.78, 5) is 14.4. The first-order valence-corrected chi connectivity index (χ1v) is 5.01. The second kappa shape index (κ2) is 4.34. The van der Waals surface area contributed by atoms with Crippen molar-refractivity contribution in [3.63, 3.8) is 0 Å². The average Bonchev–Trinajstić information content (AvgIpc) is 2.77. The molecule has 0 bridgehead atoms. The summed E-state index contributed by atoms with van der Waals surface area (Å²) in [7, 11) is 0. The predicted molar refractivity (Wildman–Crippen MR) is 61.2 cm³/mol. The fraction of sp³-hybridized carbons (Fsp3) is 0.182. The van der Waals surface area contributed by atoms with Crippen molar-refractivity contribution in [3.05, 3.63) is 45.8 Å². The van der Waals surface area contributed by atoms with Crippen molar-refractivity contribution in [2.75, 3.05) is 0 Å². The Kier molecular flexibility index (Phi) is 2.88. The van der Waals surface area contributed by atoms with Gasteiger partial charge in [0, 0.05) is 24.2 Å². The summed E-state index contributed by atoms with van der Waals surface area (Å²) in [5, 5.41) is 10.7. The number of rotatable bonds is 3. The van der Waals surface area contributed by atoms with E-state index in [0.29, 0.717) is 17.1 Å². The maximum Gasteiger partial charge on any atom is 0.270 e. The summed E-state index contributed by atoms with van der Waals surface area (Å²) < 4.78 is 5.24. The van der Waals surface area contributed by atoms with Crippen LogP contribution in [0.15, 0.2) is 28.9 Å². The van der Waals surface area contributed by atoms with Crippen LogP contribution in [-0.2, 0) is 6.54 Å². The Labute approximate surface area is 97.2 Å². The minimum Gasteiger partial charge on any atom is -0.444 e. The van der Waals surface area contributed by atoms with Crippen molar-refractivity contribution in [2.45, 2.75) is 13.5 Å². The van der Waals surface area contributed by atoms with Gasteiger partial charge in [0.25, 0.3) is 5.69 Å². The number of hydrogen-bond acceptors (Lipinski definition) is 5. The van der Waals surface area contributed by atoms with Gasteiger partial charge in [-0.05, 0) is 12.5 Å². The molecule has 2 rings (SSSR count). The molecule has 0 spiro atoms. The van der Waals surface area contributed by atoms with Crippen LogP contribution in [0, 0.1) is 17.0 Å². The standard InChI is InChI=1S/C11H11N3O3/c1-7-2-3-9(14(15)16)4-10(7)11-13-8(5-12)6-17-11/h2-4,6H,5,12H2,1H3. The molecule has 0 aliphatic heterocycles. The fourth-order valence-electron chi connectivity index (χ4n) is 1.48. The first-order chi connectivity index (χ1) is 8.11. The lowest BCUT2D eigenvalue weighted by Crippen LogP contribution is -1.96. The van der Waals surface area contributed by atoms with Crippen LogP contribution in [0.3, 0.4) is 0 Å². The number of hydrogen-bond donors (Lipinski definition) is 1. The van der Waals surface area contributed by atoms with Crippen molar-refractivity contribution in [2.24, 2.45) is 5.73 Å². The Morgan fingerprint density at radius 2 is 2.29 bits per heavy atom. The Morgan fingerprint density at radius 3 is 2.88 bits per heavy atom. The highest BCUT2D eigenvalue weighted by Gasteiger charge is 2.14. The summed E-state index contributed by atoms with van der Waals surface area (Å²) in [6, 6.07) is 4.56. The van der Waals surface area contributed by atoms with E-state index in [1.165, 1.54) is 18.4 Å². The summed E-state index contributed by atoms with van der Waals surface area (Å²) in [6.45, 7) is 2.11. The van der Waals surface area contributed by atoms with Crippen molar-refractivity contribution in [3.8, 4) is 11.5 Å². The number of aryl methyl sites for hydroxylation is 1. The van der Waals surface area contributed by atoms with E-state index in [0.717, 1.165) is 5.56 Å². The number of nitrogens with two attached hydrogens (primary N) is 1. The van der Waals surface area contributed by atoms with Gasteiger partial charge >= 0.3 is 0 Å².